The zero-order valence-electron chi connectivity index (χ0n) is 25.2. The number of allylic oxidation sites excluding steroid dienone is 2. The fraction of sp³-hybridized carbons (Fsp3) is 0.211. The van der Waals surface area contributed by atoms with Gasteiger partial charge in [0, 0.05) is 20.1 Å². The largest absolute Gasteiger partial charge is 0.505 e. The average molecular weight is 773 g/mol. The van der Waals surface area contributed by atoms with Crippen LogP contribution >= 0.6 is 34.2 Å². The highest BCUT2D eigenvalue weighted by Crippen LogP contribution is 2.65. The lowest BCUT2D eigenvalue weighted by Gasteiger charge is -2.50. The molecule has 4 amide bonds. The average Bonchev–Trinajstić information content (AvgIpc) is 3.47. The Morgan fingerprint density at radius 3 is 2.25 bits per heavy atom. The SMILES string of the molecule is O=C1C2CC=C3C(CC4C(=O)N(c5cccc(Cl)c5)C(=O)C4(c4ccccc4)C3c3cccc(F)c3O)C2C(=O)N1c1ccc(I)cc1. The third-order valence-corrected chi connectivity index (χ3v) is 11.5. The molecule has 2 aliphatic heterocycles. The maximum atomic E-state index is 15.2. The molecule has 3 fully saturated rings. The predicted octanol–water partition coefficient (Wildman–Crippen LogP) is 7.16. The molecule has 0 spiro atoms. The van der Waals surface area contributed by atoms with Crippen molar-refractivity contribution in [2.75, 3.05) is 9.80 Å². The summed E-state index contributed by atoms with van der Waals surface area (Å²) in [5.41, 5.74) is 0.450. The number of hydrogen-bond donors (Lipinski definition) is 1. The number of anilines is 2. The van der Waals surface area contributed by atoms with Crippen molar-refractivity contribution in [3.63, 3.8) is 0 Å². The maximum absolute atomic E-state index is 15.2. The van der Waals surface area contributed by atoms with Gasteiger partial charge < -0.3 is 5.11 Å². The number of rotatable bonds is 4. The Bertz CT molecular complexity index is 2070. The topological polar surface area (TPSA) is 95.0 Å². The smallest absolute Gasteiger partial charge is 0.246 e. The van der Waals surface area contributed by atoms with E-state index in [0.29, 0.717) is 21.8 Å². The van der Waals surface area contributed by atoms with Gasteiger partial charge in [-0.25, -0.2) is 9.29 Å². The normalized spacial score (nSPS) is 27.9. The first-order valence-electron chi connectivity index (χ1n) is 15.6. The van der Waals surface area contributed by atoms with Gasteiger partial charge >= 0.3 is 0 Å². The molecule has 4 aliphatic rings. The van der Waals surface area contributed by atoms with E-state index in [1.54, 1.807) is 72.8 Å². The summed E-state index contributed by atoms with van der Waals surface area (Å²) in [6, 6.07) is 26.7. The minimum absolute atomic E-state index is 0.0929. The zero-order chi connectivity index (χ0) is 33.5. The van der Waals surface area contributed by atoms with Gasteiger partial charge in [-0.15, -0.1) is 0 Å². The second kappa shape index (κ2) is 11.4. The molecule has 2 heterocycles. The number of hydrogen-bond acceptors (Lipinski definition) is 5. The molecule has 1 saturated carbocycles. The summed E-state index contributed by atoms with van der Waals surface area (Å²) in [4.78, 5) is 60.5. The van der Waals surface area contributed by atoms with Crippen molar-refractivity contribution in [2.45, 2.75) is 24.2 Å². The van der Waals surface area contributed by atoms with E-state index >= 15 is 9.18 Å². The van der Waals surface area contributed by atoms with Gasteiger partial charge in [-0.1, -0.05) is 71.8 Å². The highest BCUT2D eigenvalue weighted by molar-refractivity contribution is 14.1. The Labute approximate surface area is 294 Å². The number of phenols is 1. The van der Waals surface area contributed by atoms with E-state index < -0.39 is 58.4 Å². The molecular weight excluding hydrogens is 746 g/mol. The fourth-order valence-electron chi connectivity index (χ4n) is 8.70. The summed E-state index contributed by atoms with van der Waals surface area (Å²) >= 11 is 8.50. The summed E-state index contributed by atoms with van der Waals surface area (Å²) in [7, 11) is 0. The number of amides is 4. The third kappa shape index (κ3) is 4.29. The number of aromatic hydroxyl groups is 1. The standard InChI is InChI=1S/C38H27ClFIN2O5/c39-21-8-4-9-24(18-21)43-35(46)29-19-28-25(16-17-26-31(28)36(47)42(34(26)45)23-14-12-22(41)13-15-23)32(27-10-5-11-30(40)33(27)44)38(29,37(43)48)20-6-2-1-3-7-20/h1-16,18,26,28-29,31-32,44H,17,19H2. The molecule has 4 aromatic carbocycles. The van der Waals surface area contributed by atoms with Crippen LogP contribution in [-0.4, -0.2) is 28.7 Å². The van der Waals surface area contributed by atoms with E-state index in [4.69, 9.17) is 11.6 Å². The molecule has 2 saturated heterocycles. The molecule has 6 atom stereocenters. The minimum Gasteiger partial charge on any atom is -0.505 e. The van der Waals surface area contributed by atoms with E-state index in [9.17, 15) is 19.5 Å². The van der Waals surface area contributed by atoms with Gasteiger partial charge in [0.1, 0.15) is 0 Å². The minimum atomic E-state index is -1.61. The lowest BCUT2D eigenvalue weighted by atomic mass is 9.49. The predicted molar refractivity (Wildman–Crippen MR) is 186 cm³/mol. The van der Waals surface area contributed by atoms with Crippen molar-refractivity contribution in [1.29, 1.82) is 0 Å². The molecule has 8 rings (SSSR count). The molecular formula is C38H27ClFIN2O5. The van der Waals surface area contributed by atoms with Gasteiger partial charge in [-0.2, -0.15) is 0 Å². The van der Waals surface area contributed by atoms with E-state index in [0.717, 1.165) is 14.5 Å². The second-order valence-corrected chi connectivity index (χ2v) is 14.4. The third-order valence-electron chi connectivity index (χ3n) is 10.6. The van der Waals surface area contributed by atoms with E-state index in [1.165, 1.54) is 11.0 Å². The van der Waals surface area contributed by atoms with Crippen LogP contribution in [0.15, 0.2) is 109 Å². The monoisotopic (exact) mass is 772 g/mol. The van der Waals surface area contributed by atoms with Crippen molar-refractivity contribution in [3.05, 3.63) is 134 Å². The molecule has 10 heteroatoms. The van der Waals surface area contributed by atoms with Crippen LogP contribution in [0.5, 0.6) is 5.75 Å². The Balaban J connectivity index is 1.36. The van der Waals surface area contributed by atoms with Gasteiger partial charge in [0.2, 0.25) is 23.6 Å². The van der Waals surface area contributed by atoms with Crippen molar-refractivity contribution in [3.8, 4) is 5.75 Å². The number of fused-ring (bicyclic) bond motifs is 4. The van der Waals surface area contributed by atoms with Gasteiger partial charge in [0.05, 0.1) is 34.5 Å². The Hall–Kier alpha value is -4.35. The van der Waals surface area contributed by atoms with Crippen LogP contribution in [0.3, 0.4) is 0 Å². The van der Waals surface area contributed by atoms with Gasteiger partial charge in [-0.3, -0.25) is 24.1 Å². The Morgan fingerprint density at radius 2 is 1.52 bits per heavy atom. The molecule has 6 unspecified atom stereocenters. The van der Waals surface area contributed by atoms with Gasteiger partial charge in [0.25, 0.3) is 0 Å². The summed E-state index contributed by atoms with van der Waals surface area (Å²) < 4.78 is 16.2. The molecule has 0 radical (unpaired) electrons. The Morgan fingerprint density at radius 1 is 0.792 bits per heavy atom. The first kappa shape index (κ1) is 31.0. The number of imide groups is 2. The number of para-hydroxylation sites is 1. The summed E-state index contributed by atoms with van der Waals surface area (Å²) in [5, 5.41) is 11.7. The van der Waals surface area contributed by atoms with E-state index in [2.05, 4.69) is 22.6 Å². The van der Waals surface area contributed by atoms with Gasteiger partial charge in [0.15, 0.2) is 11.6 Å². The number of carbonyl (C=O) groups excluding carboxylic acids is 4. The first-order chi connectivity index (χ1) is 23.1. The highest BCUT2D eigenvalue weighted by atomic mass is 127. The number of benzene rings is 4. The van der Waals surface area contributed by atoms with E-state index in [-0.39, 0.29) is 35.9 Å². The number of carbonyl (C=O) groups is 4. The lowest BCUT2D eigenvalue weighted by Crippen LogP contribution is -2.53. The molecule has 2 aliphatic carbocycles. The van der Waals surface area contributed by atoms with E-state index in [1.807, 2.05) is 18.2 Å². The van der Waals surface area contributed by atoms with Crippen molar-refractivity contribution >= 4 is 69.2 Å². The van der Waals surface area contributed by atoms with Crippen LogP contribution in [0.4, 0.5) is 15.8 Å². The van der Waals surface area contributed by atoms with Crippen molar-refractivity contribution in [2.24, 2.45) is 23.7 Å². The van der Waals surface area contributed by atoms with Crippen LogP contribution in [-0.2, 0) is 24.6 Å². The highest BCUT2D eigenvalue weighted by Gasteiger charge is 2.70. The summed E-state index contributed by atoms with van der Waals surface area (Å²) in [5.74, 6) is -7.39. The summed E-state index contributed by atoms with van der Waals surface area (Å²) in [6.07, 6.45) is 2.18. The maximum Gasteiger partial charge on any atom is 0.246 e. The molecule has 0 bridgehead atoms. The second-order valence-electron chi connectivity index (χ2n) is 12.8. The van der Waals surface area contributed by atoms with Crippen molar-refractivity contribution < 1.29 is 28.7 Å². The van der Waals surface area contributed by atoms with Crippen LogP contribution in [0.1, 0.15) is 29.9 Å². The summed E-state index contributed by atoms with van der Waals surface area (Å²) in [6.45, 7) is 0. The molecule has 7 nitrogen and oxygen atoms in total. The first-order valence-corrected chi connectivity index (χ1v) is 17.1. The quantitative estimate of drug-likeness (QED) is 0.135. The van der Waals surface area contributed by atoms with Crippen LogP contribution in [0.2, 0.25) is 5.02 Å². The number of halogens is 3. The van der Waals surface area contributed by atoms with Crippen LogP contribution in [0.25, 0.3) is 0 Å². The fourth-order valence-corrected chi connectivity index (χ4v) is 9.24. The molecule has 1 N–H and O–H groups in total. The van der Waals surface area contributed by atoms with Crippen molar-refractivity contribution in [1.82, 2.24) is 0 Å². The van der Waals surface area contributed by atoms with Crippen LogP contribution < -0.4 is 9.80 Å². The zero-order valence-corrected chi connectivity index (χ0v) is 28.1. The van der Waals surface area contributed by atoms with Crippen LogP contribution in [0, 0.1) is 33.1 Å². The molecule has 4 aromatic rings. The molecule has 0 aromatic heterocycles. The molecule has 240 valence electrons. The lowest BCUT2D eigenvalue weighted by molar-refractivity contribution is -0.127. The molecule has 48 heavy (non-hydrogen) atoms. The number of phenolic OH excluding ortho intramolecular Hbond substituents is 1. The Kier molecular flexibility index (Phi) is 7.33. The number of nitrogens with zero attached hydrogens (tertiary/aromatic N) is 2. The van der Waals surface area contributed by atoms with Gasteiger partial charge in [-0.05, 0) is 95.4 Å².